The Kier molecular flexibility index (Phi) is 3.50. The van der Waals surface area contributed by atoms with E-state index in [4.69, 9.17) is 9.47 Å². The minimum atomic E-state index is -0.831. The Bertz CT molecular complexity index is 476. The predicted octanol–water partition coefficient (Wildman–Crippen LogP) is 1.04. The average molecular weight is 263 g/mol. The van der Waals surface area contributed by atoms with Crippen LogP contribution in [0, 0.1) is 0 Å². The van der Waals surface area contributed by atoms with Crippen LogP contribution in [0.25, 0.3) is 0 Å². The molecule has 0 radical (unpaired) electrons. The lowest BCUT2D eigenvalue weighted by Crippen LogP contribution is -2.52. The summed E-state index contributed by atoms with van der Waals surface area (Å²) in [5, 5.41) is 9.32. The largest absolute Gasteiger partial charge is 0.480 e. The Balaban J connectivity index is 1.91. The van der Waals surface area contributed by atoms with Gasteiger partial charge in [-0.1, -0.05) is 24.3 Å². The molecule has 1 N–H and O–H groups in total. The van der Waals surface area contributed by atoms with Gasteiger partial charge in [-0.2, -0.15) is 0 Å². The van der Waals surface area contributed by atoms with Crippen molar-refractivity contribution in [2.75, 3.05) is 26.4 Å². The van der Waals surface area contributed by atoms with E-state index in [-0.39, 0.29) is 12.6 Å². The van der Waals surface area contributed by atoms with Crippen LogP contribution in [0.5, 0.6) is 0 Å². The van der Waals surface area contributed by atoms with Gasteiger partial charge in [0.05, 0.1) is 32.5 Å². The molecule has 2 atom stereocenters. The van der Waals surface area contributed by atoms with Crippen LogP contribution >= 0.6 is 0 Å². The van der Waals surface area contributed by atoms with Gasteiger partial charge in [-0.05, 0) is 11.1 Å². The third-order valence-electron chi connectivity index (χ3n) is 3.80. The van der Waals surface area contributed by atoms with Crippen LogP contribution in [0.15, 0.2) is 24.3 Å². The van der Waals surface area contributed by atoms with E-state index in [1.807, 2.05) is 23.1 Å². The summed E-state index contributed by atoms with van der Waals surface area (Å²) in [6, 6.07) is 7.50. The van der Waals surface area contributed by atoms with E-state index < -0.39 is 12.0 Å². The van der Waals surface area contributed by atoms with Gasteiger partial charge in [0.25, 0.3) is 0 Å². The molecule has 2 heterocycles. The van der Waals surface area contributed by atoms with Gasteiger partial charge < -0.3 is 14.6 Å². The number of carboxylic acids is 1. The Labute approximate surface area is 111 Å². The van der Waals surface area contributed by atoms with Gasteiger partial charge in [-0.3, -0.25) is 9.69 Å². The highest BCUT2D eigenvalue weighted by atomic mass is 16.5. The summed E-state index contributed by atoms with van der Waals surface area (Å²) in [6.07, 6.45) is 0. The number of fused-ring (bicyclic) bond motifs is 1. The van der Waals surface area contributed by atoms with Gasteiger partial charge in [0, 0.05) is 6.54 Å². The zero-order chi connectivity index (χ0) is 13.2. The standard InChI is InChI=1S/C14H17NO4/c16-14(17)13-9-18-6-5-15(13)12-8-19-7-10-3-1-2-4-11(10)12/h1-4,12-13H,5-9H2,(H,16,17). The molecule has 2 aliphatic rings. The molecule has 2 aliphatic heterocycles. The van der Waals surface area contributed by atoms with E-state index in [1.54, 1.807) is 0 Å². The molecule has 1 aromatic rings. The Morgan fingerprint density at radius 2 is 2.11 bits per heavy atom. The monoisotopic (exact) mass is 263 g/mol. The van der Waals surface area contributed by atoms with Crippen molar-refractivity contribution in [3.63, 3.8) is 0 Å². The second kappa shape index (κ2) is 5.28. The Morgan fingerprint density at radius 3 is 2.95 bits per heavy atom. The number of benzene rings is 1. The minimum absolute atomic E-state index is 0.00921. The van der Waals surface area contributed by atoms with E-state index in [2.05, 4.69) is 6.07 Å². The number of rotatable bonds is 2. The fourth-order valence-electron chi connectivity index (χ4n) is 2.84. The molecule has 5 nitrogen and oxygen atoms in total. The summed E-state index contributed by atoms with van der Waals surface area (Å²) in [4.78, 5) is 13.3. The number of hydrogen-bond acceptors (Lipinski definition) is 4. The van der Waals surface area contributed by atoms with E-state index in [9.17, 15) is 9.90 Å². The Morgan fingerprint density at radius 1 is 1.26 bits per heavy atom. The third kappa shape index (κ3) is 2.36. The van der Waals surface area contributed by atoms with Gasteiger partial charge in [-0.25, -0.2) is 0 Å². The van der Waals surface area contributed by atoms with Crippen LogP contribution < -0.4 is 0 Å². The van der Waals surface area contributed by atoms with Crippen molar-refractivity contribution in [2.45, 2.75) is 18.7 Å². The number of hydrogen-bond donors (Lipinski definition) is 1. The highest BCUT2D eigenvalue weighted by Gasteiger charge is 2.36. The lowest BCUT2D eigenvalue weighted by molar-refractivity contribution is -0.153. The molecular weight excluding hydrogens is 246 g/mol. The lowest BCUT2D eigenvalue weighted by atomic mass is 9.96. The van der Waals surface area contributed by atoms with Crippen molar-refractivity contribution in [1.82, 2.24) is 4.90 Å². The van der Waals surface area contributed by atoms with Crippen LogP contribution in [-0.2, 0) is 20.9 Å². The summed E-state index contributed by atoms with van der Waals surface area (Å²) in [7, 11) is 0. The van der Waals surface area contributed by atoms with Gasteiger partial charge in [-0.15, -0.1) is 0 Å². The van der Waals surface area contributed by atoms with Crippen LogP contribution in [0.3, 0.4) is 0 Å². The predicted molar refractivity (Wildman–Crippen MR) is 67.8 cm³/mol. The van der Waals surface area contributed by atoms with Crippen molar-refractivity contribution < 1.29 is 19.4 Å². The number of morpholine rings is 1. The van der Waals surface area contributed by atoms with Crippen molar-refractivity contribution in [3.8, 4) is 0 Å². The third-order valence-corrected chi connectivity index (χ3v) is 3.80. The normalized spacial score (nSPS) is 27.8. The summed E-state index contributed by atoms with van der Waals surface area (Å²) in [5.74, 6) is -0.831. The average Bonchev–Trinajstić information content (AvgIpc) is 2.46. The van der Waals surface area contributed by atoms with Crippen LogP contribution in [0.2, 0.25) is 0 Å². The lowest BCUT2D eigenvalue weighted by Gasteiger charge is -2.41. The molecule has 0 bridgehead atoms. The Hall–Kier alpha value is -1.43. The maximum absolute atomic E-state index is 11.4. The summed E-state index contributed by atoms with van der Waals surface area (Å²) >= 11 is 0. The maximum atomic E-state index is 11.4. The molecular formula is C14H17NO4. The molecule has 0 aromatic heterocycles. The highest BCUT2D eigenvalue weighted by Crippen LogP contribution is 2.31. The molecule has 102 valence electrons. The van der Waals surface area contributed by atoms with Crippen LogP contribution in [0.4, 0.5) is 0 Å². The van der Waals surface area contributed by atoms with E-state index in [0.29, 0.717) is 26.4 Å². The van der Waals surface area contributed by atoms with Crippen LogP contribution in [-0.4, -0.2) is 48.4 Å². The zero-order valence-corrected chi connectivity index (χ0v) is 10.6. The number of aliphatic carboxylic acids is 1. The SMILES string of the molecule is O=C(O)C1COCCN1C1COCc2ccccc21. The minimum Gasteiger partial charge on any atom is -0.480 e. The smallest absolute Gasteiger partial charge is 0.323 e. The van der Waals surface area contributed by atoms with Crippen molar-refractivity contribution >= 4 is 5.97 Å². The molecule has 0 aliphatic carbocycles. The molecule has 19 heavy (non-hydrogen) atoms. The zero-order valence-electron chi connectivity index (χ0n) is 10.6. The van der Waals surface area contributed by atoms with Gasteiger partial charge in [0.1, 0.15) is 6.04 Å². The topological polar surface area (TPSA) is 59.0 Å². The van der Waals surface area contributed by atoms with Gasteiger partial charge in [0.15, 0.2) is 0 Å². The molecule has 0 saturated carbocycles. The molecule has 3 rings (SSSR count). The van der Waals surface area contributed by atoms with E-state index in [1.165, 1.54) is 5.56 Å². The van der Waals surface area contributed by atoms with E-state index >= 15 is 0 Å². The second-order valence-corrected chi connectivity index (χ2v) is 4.90. The highest BCUT2D eigenvalue weighted by molar-refractivity contribution is 5.73. The summed E-state index contributed by atoms with van der Waals surface area (Å²) in [5.41, 5.74) is 2.33. The molecule has 0 spiro atoms. The quantitative estimate of drug-likeness (QED) is 0.864. The van der Waals surface area contributed by atoms with Gasteiger partial charge >= 0.3 is 5.97 Å². The number of carbonyl (C=O) groups is 1. The number of ether oxygens (including phenoxy) is 2. The van der Waals surface area contributed by atoms with E-state index in [0.717, 1.165) is 5.56 Å². The fraction of sp³-hybridized carbons (Fsp3) is 0.500. The molecule has 1 fully saturated rings. The van der Waals surface area contributed by atoms with Gasteiger partial charge in [0.2, 0.25) is 0 Å². The molecule has 1 aromatic carbocycles. The summed E-state index contributed by atoms with van der Waals surface area (Å²) < 4.78 is 10.9. The first-order valence-corrected chi connectivity index (χ1v) is 6.49. The molecule has 2 unspecified atom stereocenters. The molecule has 0 amide bonds. The first-order chi connectivity index (χ1) is 9.27. The number of nitrogens with zero attached hydrogens (tertiary/aromatic N) is 1. The first-order valence-electron chi connectivity index (χ1n) is 6.49. The number of carboxylic acid groups (broad SMARTS) is 1. The van der Waals surface area contributed by atoms with Crippen molar-refractivity contribution in [1.29, 1.82) is 0 Å². The molecule has 1 saturated heterocycles. The van der Waals surface area contributed by atoms with Crippen molar-refractivity contribution in [2.24, 2.45) is 0 Å². The van der Waals surface area contributed by atoms with Crippen molar-refractivity contribution in [3.05, 3.63) is 35.4 Å². The van der Waals surface area contributed by atoms with Crippen LogP contribution in [0.1, 0.15) is 17.2 Å². The maximum Gasteiger partial charge on any atom is 0.323 e. The second-order valence-electron chi connectivity index (χ2n) is 4.90. The fourth-order valence-corrected chi connectivity index (χ4v) is 2.84. The molecule has 5 heteroatoms. The first kappa shape index (κ1) is 12.6. The summed E-state index contributed by atoms with van der Waals surface area (Å²) in [6.45, 7) is 2.59.